The van der Waals surface area contributed by atoms with Crippen LogP contribution >= 0.6 is 0 Å². The van der Waals surface area contributed by atoms with Gasteiger partial charge in [-0.15, -0.1) is 0 Å². The van der Waals surface area contributed by atoms with E-state index in [0.717, 1.165) is 0 Å². The summed E-state index contributed by atoms with van der Waals surface area (Å²) in [6.07, 6.45) is 0. The largest absolute Gasteiger partial charge is 0.309 e. The van der Waals surface area contributed by atoms with Gasteiger partial charge in [-0.3, -0.25) is 0 Å². The van der Waals surface area contributed by atoms with Crippen molar-refractivity contribution < 1.29 is 0 Å². The molecule has 286 valence electrons. The van der Waals surface area contributed by atoms with E-state index >= 15 is 0 Å². The Labute approximate surface area is 359 Å². The molecule has 0 fully saturated rings. The quantitative estimate of drug-likeness (QED) is 0.157. The second-order valence-corrected chi connectivity index (χ2v) is 17.1. The Kier molecular flexibility index (Phi) is 6.82. The van der Waals surface area contributed by atoms with Crippen LogP contribution in [0.15, 0.2) is 224 Å². The molecular weight excluding hydrogens is 747 g/mol. The predicted molar refractivity (Wildman–Crippen MR) is 260 cm³/mol. The SMILES string of the molecule is c1cc(-c2ccc3c4ccccc4c4ccccc4c3c2)cc(-c2ccc3c4ccccc4n(-c4ccc5c(c4)-c4ccccc4C54c5ccccc5-c5ccccc54)c3c2)c1. The predicted octanol–water partition coefficient (Wildman–Crippen LogP) is 15.9. The van der Waals surface area contributed by atoms with E-state index in [-0.39, 0.29) is 5.41 Å². The van der Waals surface area contributed by atoms with Crippen molar-refractivity contribution in [2.45, 2.75) is 5.41 Å². The molecule has 0 radical (unpaired) electrons. The number of hydrogen-bond donors (Lipinski definition) is 0. The molecule has 0 bridgehead atoms. The molecule has 0 saturated carbocycles. The summed E-state index contributed by atoms with van der Waals surface area (Å²) in [7, 11) is 0. The summed E-state index contributed by atoms with van der Waals surface area (Å²) in [5.41, 5.74) is 18.8. The molecule has 0 aliphatic heterocycles. The Morgan fingerprint density at radius 1 is 0.242 bits per heavy atom. The third-order valence-corrected chi connectivity index (χ3v) is 14.2. The number of rotatable bonds is 3. The molecule has 0 amide bonds. The van der Waals surface area contributed by atoms with E-state index in [1.807, 2.05) is 0 Å². The van der Waals surface area contributed by atoms with Gasteiger partial charge >= 0.3 is 0 Å². The van der Waals surface area contributed by atoms with E-state index < -0.39 is 0 Å². The molecule has 2 aliphatic rings. The number of aromatic nitrogens is 1. The molecule has 2 aliphatic carbocycles. The van der Waals surface area contributed by atoms with E-state index in [1.165, 1.54) is 127 Å². The summed E-state index contributed by atoms with van der Waals surface area (Å²) in [5, 5.41) is 10.3. The van der Waals surface area contributed by atoms with Gasteiger partial charge in [-0.05, 0) is 135 Å². The molecule has 1 heterocycles. The van der Waals surface area contributed by atoms with Crippen molar-refractivity contribution in [1.29, 1.82) is 0 Å². The molecule has 0 atom stereocenters. The lowest BCUT2D eigenvalue weighted by atomic mass is 9.70. The van der Waals surface area contributed by atoms with Crippen molar-refractivity contribution in [3.05, 3.63) is 247 Å². The molecule has 14 rings (SSSR count). The van der Waals surface area contributed by atoms with Crippen molar-refractivity contribution in [3.63, 3.8) is 0 Å². The Hall–Kier alpha value is -8.00. The zero-order valence-electron chi connectivity index (χ0n) is 33.8. The lowest BCUT2D eigenvalue weighted by molar-refractivity contribution is 0.793. The number of nitrogens with zero attached hydrogens (tertiary/aromatic N) is 1. The molecule has 11 aromatic carbocycles. The van der Waals surface area contributed by atoms with Crippen LogP contribution in [0.5, 0.6) is 0 Å². The molecule has 12 aromatic rings. The van der Waals surface area contributed by atoms with Crippen LogP contribution in [0.1, 0.15) is 22.3 Å². The van der Waals surface area contributed by atoms with E-state index in [0.29, 0.717) is 0 Å². The van der Waals surface area contributed by atoms with Gasteiger partial charge in [0.25, 0.3) is 0 Å². The van der Waals surface area contributed by atoms with Gasteiger partial charge in [0.1, 0.15) is 0 Å². The maximum absolute atomic E-state index is 2.49. The topological polar surface area (TPSA) is 4.93 Å². The Balaban J connectivity index is 0.937. The molecule has 1 aromatic heterocycles. The van der Waals surface area contributed by atoms with Gasteiger partial charge in [0.05, 0.1) is 16.4 Å². The highest BCUT2D eigenvalue weighted by Crippen LogP contribution is 2.63. The van der Waals surface area contributed by atoms with Gasteiger partial charge in [-0.1, -0.05) is 188 Å². The van der Waals surface area contributed by atoms with Crippen LogP contribution in [0.4, 0.5) is 0 Å². The Bertz CT molecular complexity index is 3800. The first-order chi connectivity index (χ1) is 30.8. The average molecular weight is 784 g/mol. The van der Waals surface area contributed by atoms with Crippen LogP contribution in [-0.4, -0.2) is 4.57 Å². The highest BCUT2D eigenvalue weighted by molar-refractivity contribution is 6.25. The van der Waals surface area contributed by atoms with Gasteiger partial charge in [0.15, 0.2) is 0 Å². The number of hydrogen-bond acceptors (Lipinski definition) is 0. The van der Waals surface area contributed by atoms with Gasteiger partial charge in [-0.2, -0.15) is 0 Å². The summed E-state index contributed by atoms with van der Waals surface area (Å²) < 4.78 is 2.49. The third-order valence-electron chi connectivity index (χ3n) is 14.2. The van der Waals surface area contributed by atoms with E-state index in [9.17, 15) is 0 Å². The molecule has 1 heteroatoms. The Morgan fingerprint density at radius 3 is 1.31 bits per heavy atom. The summed E-state index contributed by atoms with van der Waals surface area (Å²) in [6.45, 7) is 0. The van der Waals surface area contributed by atoms with Gasteiger partial charge in [0.2, 0.25) is 0 Å². The van der Waals surface area contributed by atoms with Gasteiger partial charge in [-0.25, -0.2) is 0 Å². The second kappa shape index (κ2) is 12.5. The van der Waals surface area contributed by atoms with Crippen molar-refractivity contribution in [2.24, 2.45) is 0 Å². The lowest BCUT2D eigenvalue weighted by Gasteiger charge is -2.30. The van der Waals surface area contributed by atoms with E-state index in [4.69, 9.17) is 0 Å². The van der Waals surface area contributed by atoms with Gasteiger partial charge in [0, 0.05) is 16.5 Å². The average Bonchev–Trinajstić information content (AvgIpc) is 3.95. The normalized spacial score (nSPS) is 13.3. The molecule has 62 heavy (non-hydrogen) atoms. The maximum Gasteiger partial charge on any atom is 0.0725 e. The zero-order chi connectivity index (χ0) is 40.5. The first-order valence-electron chi connectivity index (χ1n) is 21.7. The fourth-order valence-electron chi connectivity index (χ4n) is 11.6. The van der Waals surface area contributed by atoms with Gasteiger partial charge < -0.3 is 4.57 Å². The third kappa shape index (κ3) is 4.42. The number of para-hydroxylation sites is 1. The fourth-order valence-corrected chi connectivity index (χ4v) is 11.6. The monoisotopic (exact) mass is 783 g/mol. The van der Waals surface area contributed by atoms with Crippen molar-refractivity contribution in [3.8, 4) is 50.2 Å². The molecular formula is C61H37N. The minimum Gasteiger partial charge on any atom is -0.309 e. The number of benzene rings is 11. The zero-order valence-corrected chi connectivity index (χ0v) is 33.8. The summed E-state index contributed by atoms with van der Waals surface area (Å²) in [5.74, 6) is 0. The second-order valence-electron chi connectivity index (χ2n) is 17.1. The first-order valence-corrected chi connectivity index (χ1v) is 21.7. The standard InChI is InChI=1S/C61H37N/c1-2-18-45-43(16-1)44-17-3-4-19-46(44)53-35-40(28-31-47(45)53)38-14-13-15-39(34-38)41-29-32-52-51-23-8-12-27-59(51)62(60(52)36-41)42-30-33-58-54(37-42)50-22-7-11-26-57(50)61(58)55-24-9-5-20-48(55)49-21-6-10-25-56(49)61/h1-37H. The molecule has 0 unspecified atom stereocenters. The number of fused-ring (bicyclic) bond motifs is 19. The highest BCUT2D eigenvalue weighted by atomic mass is 15.0. The smallest absolute Gasteiger partial charge is 0.0725 e. The first kappa shape index (κ1) is 33.8. The maximum atomic E-state index is 2.49. The summed E-state index contributed by atoms with van der Waals surface area (Å²) in [6, 6.07) is 84.0. The fraction of sp³-hybridized carbons (Fsp3) is 0.0164. The van der Waals surface area contributed by atoms with Crippen LogP contribution in [0.3, 0.4) is 0 Å². The molecule has 1 nitrogen and oxygen atoms in total. The highest BCUT2D eigenvalue weighted by Gasteiger charge is 2.51. The van der Waals surface area contributed by atoms with Crippen LogP contribution in [0.2, 0.25) is 0 Å². The van der Waals surface area contributed by atoms with Crippen LogP contribution < -0.4 is 0 Å². The van der Waals surface area contributed by atoms with Crippen molar-refractivity contribution >= 4 is 54.1 Å². The van der Waals surface area contributed by atoms with Crippen LogP contribution in [0.25, 0.3) is 104 Å². The summed E-state index contributed by atoms with van der Waals surface area (Å²) >= 11 is 0. The minimum absolute atomic E-state index is 0.359. The Morgan fingerprint density at radius 2 is 0.677 bits per heavy atom. The van der Waals surface area contributed by atoms with Crippen LogP contribution in [-0.2, 0) is 5.41 Å². The molecule has 0 N–H and O–H groups in total. The van der Waals surface area contributed by atoms with E-state index in [1.54, 1.807) is 0 Å². The molecule has 1 spiro atoms. The van der Waals surface area contributed by atoms with Crippen molar-refractivity contribution in [1.82, 2.24) is 4.57 Å². The molecule has 0 saturated heterocycles. The van der Waals surface area contributed by atoms with Crippen LogP contribution in [0, 0.1) is 0 Å². The minimum atomic E-state index is -0.359. The lowest BCUT2D eigenvalue weighted by Crippen LogP contribution is -2.25. The summed E-state index contributed by atoms with van der Waals surface area (Å²) in [4.78, 5) is 0. The van der Waals surface area contributed by atoms with Crippen molar-refractivity contribution in [2.75, 3.05) is 0 Å². The van der Waals surface area contributed by atoms with E-state index in [2.05, 4.69) is 229 Å².